The molecule has 0 spiro atoms. The van der Waals surface area contributed by atoms with Crippen molar-refractivity contribution in [2.75, 3.05) is 19.0 Å². The molecule has 1 aliphatic rings. The number of hydrogen-bond donors (Lipinski definition) is 1. The van der Waals surface area contributed by atoms with E-state index in [1.54, 1.807) is 18.2 Å². The quantitative estimate of drug-likeness (QED) is 0.582. The second-order valence-electron chi connectivity index (χ2n) is 7.06. The van der Waals surface area contributed by atoms with Crippen molar-refractivity contribution in [3.05, 3.63) is 94.0 Å². The summed E-state index contributed by atoms with van der Waals surface area (Å²) in [5, 5.41) is 3.18. The molecule has 6 nitrogen and oxygen atoms in total. The number of nitrogens with one attached hydrogen (secondary N) is 1. The molecule has 156 valence electrons. The largest absolute Gasteiger partial charge is 0.495 e. The number of carbonyl (C=O) groups is 3. The third-order valence-electron chi connectivity index (χ3n) is 5.11. The number of imide groups is 1. The molecule has 4 rings (SSSR count). The molecule has 7 heteroatoms. The zero-order chi connectivity index (χ0) is 22.0. The van der Waals surface area contributed by atoms with Crippen LogP contribution >= 0.6 is 11.6 Å². The number of hydrogen-bond acceptors (Lipinski definition) is 4. The molecule has 0 atom stereocenters. The molecule has 31 heavy (non-hydrogen) atoms. The molecule has 1 heterocycles. The molecular weight excluding hydrogens is 416 g/mol. The van der Waals surface area contributed by atoms with Crippen molar-refractivity contribution >= 4 is 35.0 Å². The van der Waals surface area contributed by atoms with E-state index < -0.39 is 11.8 Å². The standard InChI is InChI=1S/C24H19ClN2O4/c1-31-21-10-8-17(25)14-20(21)26-22(28)16-7-9-18-19(13-16)24(30)27(23(18)29)12-11-15-5-3-2-4-6-15/h2-10,13-14H,11-12H2,1H3,(H,26,28). The first kappa shape index (κ1) is 20.6. The normalized spacial score (nSPS) is 12.6. The average Bonchev–Trinajstić information content (AvgIpc) is 3.02. The molecule has 3 aromatic carbocycles. The molecule has 0 aliphatic carbocycles. The predicted octanol–water partition coefficient (Wildman–Crippen LogP) is 4.44. The fraction of sp³-hybridized carbons (Fsp3) is 0.125. The molecule has 0 aromatic heterocycles. The first-order valence-corrected chi connectivity index (χ1v) is 10.0. The number of rotatable bonds is 6. The van der Waals surface area contributed by atoms with Gasteiger partial charge < -0.3 is 10.1 Å². The lowest BCUT2D eigenvalue weighted by molar-refractivity contribution is 0.0656. The zero-order valence-electron chi connectivity index (χ0n) is 16.7. The fourth-order valence-corrected chi connectivity index (χ4v) is 3.67. The van der Waals surface area contributed by atoms with E-state index in [9.17, 15) is 14.4 Å². The fourth-order valence-electron chi connectivity index (χ4n) is 3.49. The third kappa shape index (κ3) is 4.15. The molecule has 3 amide bonds. The molecule has 0 saturated heterocycles. The van der Waals surface area contributed by atoms with Gasteiger partial charge in [0.25, 0.3) is 17.7 Å². The van der Waals surface area contributed by atoms with Gasteiger partial charge in [0.1, 0.15) is 5.75 Å². The predicted molar refractivity (Wildman–Crippen MR) is 118 cm³/mol. The topological polar surface area (TPSA) is 75.7 Å². The second kappa shape index (κ2) is 8.62. The lowest BCUT2D eigenvalue weighted by Crippen LogP contribution is -2.31. The monoisotopic (exact) mass is 434 g/mol. The molecule has 0 saturated carbocycles. The van der Waals surface area contributed by atoms with Gasteiger partial charge in [0, 0.05) is 17.1 Å². The minimum Gasteiger partial charge on any atom is -0.495 e. The minimum absolute atomic E-state index is 0.226. The van der Waals surface area contributed by atoms with Crippen LogP contribution in [0.2, 0.25) is 5.02 Å². The van der Waals surface area contributed by atoms with E-state index in [1.807, 2.05) is 30.3 Å². The van der Waals surface area contributed by atoms with Gasteiger partial charge in [0.2, 0.25) is 0 Å². The highest BCUT2D eigenvalue weighted by Gasteiger charge is 2.35. The number of carbonyl (C=O) groups excluding carboxylic acids is 3. The summed E-state index contributed by atoms with van der Waals surface area (Å²) in [6.07, 6.45) is 0.564. The Kier molecular flexibility index (Phi) is 5.73. The van der Waals surface area contributed by atoms with Crippen molar-refractivity contribution < 1.29 is 19.1 Å². The third-order valence-corrected chi connectivity index (χ3v) is 5.34. The number of nitrogens with zero attached hydrogens (tertiary/aromatic N) is 1. The van der Waals surface area contributed by atoms with Crippen molar-refractivity contribution in [3.8, 4) is 5.75 Å². The van der Waals surface area contributed by atoms with Crippen LogP contribution in [0.4, 0.5) is 5.69 Å². The Bertz CT molecular complexity index is 1180. The van der Waals surface area contributed by atoms with Gasteiger partial charge in [-0.15, -0.1) is 0 Å². The molecular formula is C24H19ClN2O4. The van der Waals surface area contributed by atoms with E-state index in [2.05, 4.69) is 5.32 Å². The maximum Gasteiger partial charge on any atom is 0.261 e. The second-order valence-corrected chi connectivity index (χ2v) is 7.49. The smallest absolute Gasteiger partial charge is 0.261 e. The summed E-state index contributed by atoms with van der Waals surface area (Å²) in [4.78, 5) is 39.5. The van der Waals surface area contributed by atoms with E-state index in [-0.39, 0.29) is 23.6 Å². The highest BCUT2D eigenvalue weighted by molar-refractivity contribution is 6.31. The lowest BCUT2D eigenvalue weighted by Gasteiger charge is -2.13. The molecule has 0 radical (unpaired) electrons. The number of benzene rings is 3. The number of fused-ring (bicyclic) bond motifs is 1. The summed E-state index contributed by atoms with van der Waals surface area (Å²) in [5.41, 5.74) is 2.23. The van der Waals surface area contributed by atoms with Crippen molar-refractivity contribution in [2.45, 2.75) is 6.42 Å². The molecule has 0 fully saturated rings. The van der Waals surface area contributed by atoms with Gasteiger partial charge in [0.05, 0.1) is 23.9 Å². The SMILES string of the molecule is COc1ccc(Cl)cc1NC(=O)c1ccc2c(c1)C(=O)N(CCc1ccccc1)C2=O. The van der Waals surface area contributed by atoms with E-state index in [4.69, 9.17) is 16.3 Å². The van der Waals surface area contributed by atoms with Crippen LogP contribution in [0, 0.1) is 0 Å². The number of amides is 3. The Morgan fingerprint density at radius 3 is 2.45 bits per heavy atom. The van der Waals surface area contributed by atoms with Crippen LogP contribution in [0.1, 0.15) is 36.6 Å². The first-order valence-electron chi connectivity index (χ1n) is 9.67. The van der Waals surface area contributed by atoms with Gasteiger partial charge >= 0.3 is 0 Å². The number of halogens is 1. The van der Waals surface area contributed by atoms with Crippen molar-refractivity contribution in [1.82, 2.24) is 4.90 Å². The van der Waals surface area contributed by atoms with Crippen molar-refractivity contribution in [1.29, 1.82) is 0 Å². The van der Waals surface area contributed by atoms with Gasteiger partial charge in [0.15, 0.2) is 0 Å². The summed E-state index contributed by atoms with van der Waals surface area (Å²) >= 11 is 6.01. The Morgan fingerprint density at radius 2 is 1.71 bits per heavy atom. The van der Waals surface area contributed by atoms with Gasteiger partial charge in [-0.1, -0.05) is 41.9 Å². The minimum atomic E-state index is -0.439. The molecule has 0 bridgehead atoms. The number of anilines is 1. The summed E-state index contributed by atoms with van der Waals surface area (Å²) in [7, 11) is 1.49. The summed E-state index contributed by atoms with van der Waals surface area (Å²) in [5.74, 6) is -0.728. The van der Waals surface area contributed by atoms with Crippen LogP contribution in [-0.4, -0.2) is 36.3 Å². The molecule has 1 N–H and O–H groups in total. The van der Waals surface area contributed by atoms with Crippen LogP contribution in [-0.2, 0) is 6.42 Å². The number of methoxy groups -OCH3 is 1. The van der Waals surface area contributed by atoms with Crippen molar-refractivity contribution in [3.63, 3.8) is 0 Å². The maximum atomic E-state index is 12.8. The lowest BCUT2D eigenvalue weighted by atomic mass is 10.1. The summed E-state index contributed by atoms with van der Waals surface area (Å²) in [6.45, 7) is 0.275. The Labute approximate surface area is 184 Å². The van der Waals surface area contributed by atoms with Crippen LogP contribution in [0.25, 0.3) is 0 Å². The van der Waals surface area contributed by atoms with Crippen LogP contribution in [0.5, 0.6) is 5.75 Å². The highest BCUT2D eigenvalue weighted by atomic mass is 35.5. The van der Waals surface area contributed by atoms with Gasteiger partial charge in [-0.05, 0) is 48.4 Å². The van der Waals surface area contributed by atoms with Crippen LogP contribution in [0.3, 0.4) is 0 Å². The molecule has 3 aromatic rings. The van der Waals surface area contributed by atoms with Crippen LogP contribution < -0.4 is 10.1 Å². The molecule has 1 aliphatic heterocycles. The van der Waals surface area contributed by atoms with E-state index in [0.717, 1.165) is 5.56 Å². The Balaban J connectivity index is 1.53. The highest BCUT2D eigenvalue weighted by Crippen LogP contribution is 2.29. The van der Waals surface area contributed by atoms with Gasteiger partial charge in [-0.25, -0.2) is 0 Å². The van der Waals surface area contributed by atoms with E-state index in [0.29, 0.717) is 28.4 Å². The van der Waals surface area contributed by atoms with Crippen molar-refractivity contribution in [2.24, 2.45) is 0 Å². The maximum absolute atomic E-state index is 12.8. The summed E-state index contributed by atoms with van der Waals surface area (Å²) in [6, 6.07) is 19.0. The first-order chi connectivity index (χ1) is 15.0. The summed E-state index contributed by atoms with van der Waals surface area (Å²) < 4.78 is 5.24. The average molecular weight is 435 g/mol. The Hall–Kier alpha value is -3.64. The zero-order valence-corrected chi connectivity index (χ0v) is 17.5. The van der Waals surface area contributed by atoms with E-state index >= 15 is 0 Å². The number of ether oxygens (including phenoxy) is 1. The van der Waals surface area contributed by atoms with Gasteiger partial charge in [-0.3, -0.25) is 19.3 Å². The molecule has 0 unspecified atom stereocenters. The Morgan fingerprint density at radius 1 is 0.968 bits per heavy atom. The van der Waals surface area contributed by atoms with Gasteiger partial charge in [-0.2, -0.15) is 0 Å². The van der Waals surface area contributed by atoms with E-state index in [1.165, 1.54) is 30.2 Å². The van der Waals surface area contributed by atoms with Crippen LogP contribution in [0.15, 0.2) is 66.7 Å².